The highest BCUT2D eigenvalue weighted by Gasteiger charge is 2.34. The average molecular weight is 395 g/mol. The van der Waals surface area contributed by atoms with Gasteiger partial charge in [-0.3, -0.25) is 14.5 Å². The summed E-state index contributed by atoms with van der Waals surface area (Å²) in [5.74, 6) is 0.0708. The van der Waals surface area contributed by atoms with E-state index in [-0.39, 0.29) is 37.0 Å². The lowest BCUT2D eigenvalue weighted by Gasteiger charge is -2.20. The van der Waals surface area contributed by atoms with Crippen LogP contribution in [0.3, 0.4) is 0 Å². The number of rotatable bonds is 7. The van der Waals surface area contributed by atoms with Gasteiger partial charge in [0.15, 0.2) is 0 Å². The molecule has 7 nitrogen and oxygen atoms in total. The molecule has 0 aromatic heterocycles. The number of urea groups is 1. The van der Waals surface area contributed by atoms with Crippen LogP contribution in [0.15, 0.2) is 42.5 Å². The molecule has 1 aliphatic heterocycles. The first-order valence-corrected chi connectivity index (χ1v) is 9.65. The van der Waals surface area contributed by atoms with Crippen molar-refractivity contribution < 1.29 is 19.1 Å². The van der Waals surface area contributed by atoms with Gasteiger partial charge < -0.3 is 15.4 Å². The van der Waals surface area contributed by atoms with Crippen molar-refractivity contribution in [1.29, 1.82) is 0 Å². The lowest BCUT2D eigenvalue weighted by atomic mass is 10.0. The number of ether oxygens (including phenoxy) is 1. The molecule has 0 saturated carbocycles. The molecule has 0 radical (unpaired) electrons. The Morgan fingerprint density at radius 2 is 1.76 bits per heavy atom. The number of benzene rings is 2. The van der Waals surface area contributed by atoms with Gasteiger partial charge in [-0.25, -0.2) is 4.79 Å². The summed E-state index contributed by atoms with van der Waals surface area (Å²) < 4.78 is 5.64. The number of hydrogen-bond donors (Lipinski definition) is 2. The number of hydrogen-bond acceptors (Lipinski definition) is 4. The van der Waals surface area contributed by atoms with Crippen LogP contribution in [0.5, 0.6) is 5.75 Å². The number of carbonyl (C=O) groups excluding carboxylic acids is 3. The molecular weight excluding hydrogens is 370 g/mol. The molecular formula is C22H25N3O4. The van der Waals surface area contributed by atoms with Crippen molar-refractivity contribution in [3.63, 3.8) is 0 Å². The molecule has 1 aliphatic rings. The normalized spacial score (nSPS) is 13.8. The molecule has 152 valence electrons. The largest absolute Gasteiger partial charge is 0.494 e. The van der Waals surface area contributed by atoms with E-state index in [0.29, 0.717) is 17.7 Å². The SMILES string of the molecule is CCOc1ccc(C)cc1C(C)NC(=O)NCCN1C(=O)c2ccccc2C1=O. The first kappa shape index (κ1) is 20.4. The standard InChI is InChI=1S/C22H25N3O4/c1-4-29-19-10-9-14(2)13-18(19)15(3)24-22(28)23-11-12-25-20(26)16-7-5-6-8-17(16)21(25)27/h5-10,13,15H,4,11-12H2,1-3H3,(H2,23,24,28). The predicted octanol–water partition coefficient (Wildman–Crippen LogP) is 3.05. The zero-order valence-electron chi connectivity index (χ0n) is 16.8. The average Bonchev–Trinajstić information content (AvgIpc) is 2.94. The zero-order valence-corrected chi connectivity index (χ0v) is 16.8. The molecule has 0 saturated heterocycles. The molecule has 0 fully saturated rings. The fourth-order valence-electron chi connectivity index (χ4n) is 3.34. The fraction of sp³-hybridized carbons (Fsp3) is 0.318. The molecule has 1 atom stereocenters. The second-order valence-corrected chi connectivity index (χ2v) is 6.90. The molecule has 2 aromatic rings. The lowest BCUT2D eigenvalue weighted by molar-refractivity contribution is 0.0655. The van der Waals surface area contributed by atoms with E-state index >= 15 is 0 Å². The second kappa shape index (κ2) is 8.77. The van der Waals surface area contributed by atoms with Crippen molar-refractivity contribution in [2.75, 3.05) is 19.7 Å². The minimum atomic E-state index is -0.377. The number of nitrogens with zero attached hydrogens (tertiary/aromatic N) is 1. The van der Waals surface area contributed by atoms with Gasteiger partial charge >= 0.3 is 6.03 Å². The summed E-state index contributed by atoms with van der Waals surface area (Å²) in [6, 6.07) is 11.9. The summed E-state index contributed by atoms with van der Waals surface area (Å²) >= 11 is 0. The van der Waals surface area contributed by atoms with Gasteiger partial charge in [0, 0.05) is 18.7 Å². The molecule has 4 amide bonds. The Labute approximate surface area is 170 Å². The maximum atomic E-state index is 12.3. The maximum Gasteiger partial charge on any atom is 0.315 e. The monoisotopic (exact) mass is 395 g/mol. The zero-order chi connectivity index (χ0) is 21.0. The molecule has 29 heavy (non-hydrogen) atoms. The fourth-order valence-corrected chi connectivity index (χ4v) is 3.34. The van der Waals surface area contributed by atoms with Crippen LogP contribution in [0.25, 0.3) is 0 Å². The van der Waals surface area contributed by atoms with Gasteiger partial charge in [-0.2, -0.15) is 0 Å². The van der Waals surface area contributed by atoms with Gasteiger partial charge in [-0.1, -0.05) is 29.8 Å². The number of carbonyl (C=O) groups is 3. The van der Waals surface area contributed by atoms with Gasteiger partial charge in [0.1, 0.15) is 5.75 Å². The quantitative estimate of drug-likeness (QED) is 0.706. The maximum absolute atomic E-state index is 12.3. The van der Waals surface area contributed by atoms with Crippen LogP contribution in [0, 0.1) is 6.92 Å². The molecule has 7 heteroatoms. The third-order valence-corrected chi connectivity index (χ3v) is 4.78. The predicted molar refractivity (Wildman–Crippen MR) is 109 cm³/mol. The van der Waals surface area contributed by atoms with E-state index in [0.717, 1.165) is 21.8 Å². The number of nitrogens with one attached hydrogen (secondary N) is 2. The third-order valence-electron chi connectivity index (χ3n) is 4.78. The van der Waals surface area contributed by atoms with Crippen LogP contribution < -0.4 is 15.4 Å². The first-order valence-electron chi connectivity index (χ1n) is 9.65. The Kier molecular flexibility index (Phi) is 6.16. The molecule has 1 unspecified atom stereocenters. The summed E-state index contributed by atoms with van der Waals surface area (Å²) in [5, 5.41) is 5.58. The van der Waals surface area contributed by atoms with Crippen molar-refractivity contribution >= 4 is 17.8 Å². The number of fused-ring (bicyclic) bond motifs is 1. The van der Waals surface area contributed by atoms with Crippen molar-refractivity contribution in [1.82, 2.24) is 15.5 Å². The van der Waals surface area contributed by atoms with Crippen molar-refractivity contribution in [3.8, 4) is 5.75 Å². The van der Waals surface area contributed by atoms with Gasteiger partial charge in [0.2, 0.25) is 0 Å². The lowest BCUT2D eigenvalue weighted by Crippen LogP contribution is -2.42. The number of imide groups is 1. The van der Waals surface area contributed by atoms with Crippen molar-refractivity contribution in [2.45, 2.75) is 26.8 Å². The minimum Gasteiger partial charge on any atom is -0.494 e. The highest BCUT2D eigenvalue weighted by Crippen LogP contribution is 2.26. The van der Waals surface area contributed by atoms with Crippen LogP contribution in [0.1, 0.15) is 51.7 Å². The number of amides is 4. The van der Waals surface area contributed by atoms with Crippen LogP contribution in [-0.4, -0.2) is 42.4 Å². The van der Waals surface area contributed by atoms with Gasteiger partial charge in [-0.15, -0.1) is 0 Å². The van der Waals surface area contributed by atoms with Gasteiger partial charge in [0.05, 0.1) is 23.8 Å². The summed E-state index contributed by atoms with van der Waals surface area (Å²) in [4.78, 5) is 38.1. The van der Waals surface area contributed by atoms with E-state index in [2.05, 4.69) is 10.6 Å². The Hall–Kier alpha value is -3.35. The molecule has 2 aromatic carbocycles. The minimum absolute atomic E-state index is 0.114. The summed E-state index contributed by atoms with van der Waals surface area (Å²) in [6.45, 7) is 6.58. The van der Waals surface area contributed by atoms with Crippen LogP contribution >= 0.6 is 0 Å². The van der Waals surface area contributed by atoms with Crippen LogP contribution in [0.4, 0.5) is 4.79 Å². The summed E-state index contributed by atoms with van der Waals surface area (Å²) in [5.41, 5.74) is 2.77. The third kappa shape index (κ3) is 4.39. The molecule has 0 bridgehead atoms. The molecule has 1 heterocycles. The van der Waals surface area contributed by atoms with Gasteiger partial charge in [-0.05, 0) is 39.0 Å². The Balaban J connectivity index is 1.54. The summed E-state index contributed by atoms with van der Waals surface area (Å²) in [7, 11) is 0. The first-order chi connectivity index (χ1) is 13.9. The topological polar surface area (TPSA) is 87.7 Å². The highest BCUT2D eigenvalue weighted by atomic mass is 16.5. The summed E-state index contributed by atoms with van der Waals surface area (Å²) in [6.07, 6.45) is 0. The van der Waals surface area contributed by atoms with Gasteiger partial charge in [0.25, 0.3) is 11.8 Å². The Morgan fingerprint density at radius 1 is 1.10 bits per heavy atom. The van der Waals surface area contributed by atoms with Crippen molar-refractivity contribution in [3.05, 3.63) is 64.7 Å². The smallest absolute Gasteiger partial charge is 0.315 e. The second-order valence-electron chi connectivity index (χ2n) is 6.90. The van der Waals surface area contributed by atoms with E-state index < -0.39 is 0 Å². The highest BCUT2D eigenvalue weighted by molar-refractivity contribution is 6.21. The van der Waals surface area contributed by atoms with E-state index in [1.54, 1.807) is 24.3 Å². The molecule has 0 spiro atoms. The van der Waals surface area contributed by atoms with Crippen LogP contribution in [-0.2, 0) is 0 Å². The van der Waals surface area contributed by atoms with E-state index in [1.807, 2.05) is 39.0 Å². The van der Waals surface area contributed by atoms with Crippen LogP contribution in [0.2, 0.25) is 0 Å². The van der Waals surface area contributed by atoms with E-state index in [4.69, 9.17) is 4.74 Å². The molecule has 2 N–H and O–H groups in total. The van der Waals surface area contributed by atoms with E-state index in [1.165, 1.54) is 0 Å². The Bertz CT molecular complexity index is 906. The van der Waals surface area contributed by atoms with E-state index in [9.17, 15) is 14.4 Å². The molecule has 3 rings (SSSR count). The number of aryl methyl sites for hydroxylation is 1. The van der Waals surface area contributed by atoms with Crippen molar-refractivity contribution in [2.24, 2.45) is 0 Å². The molecule has 0 aliphatic carbocycles. The Morgan fingerprint density at radius 3 is 2.38 bits per heavy atom.